The van der Waals surface area contributed by atoms with Crippen LogP contribution in [0.25, 0.3) is 0 Å². The normalized spacial score (nSPS) is 20.5. The van der Waals surface area contributed by atoms with E-state index < -0.39 is 0 Å². The molecule has 0 bridgehead atoms. The summed E-state index contributed by atoms with van der Waals surface area (Å²) in [5, 5.41) is 3.45. The van der Waals surface area contributed by atoms with Gasteiger partial charge in [-0.3, -0.25) is 0 Å². The van der Waals surface area contributed by atoms with Crippen molar-refractivity contribution in [2.24, 2.45) is 0 Å². The lowest BCUT2D eigenvalue weighted by molar-refractivity contribution is 0.0606. The van der Waals surface area contributed by atoms with Crippen molar-refractivity contribution in [1.82, 2.24) is 5.32 Å². The lowest BCUT2D eigenvalue weighted by Gasteiger charge is -2.06. The first-order chi connectivity index (χ1) is 7.29. The van der Waals surface area contributed by atoms with Crippen molar-refractivity contribution in [2.45, 2.75) is 25.3 Å². The second-order valence-corrected chi connectivity index (χ2v) is 4.92. The van der Waals surface area contributed by atoms with Gasteiger partial charge in [-0.15, -0.1) is 11.3 Å². The quantitative estimate of drug-likeness (QED) is 0.798. The average Bonchev–Trinajstić information content (AvgIpc) is 2.88. The number of thiophene rings is 1. The zero-order chi connectivity index (χ0) is 10.7. The van der Waals surface area contributed by atoms with E-state index in [4.69, 9.17) is 0 Å². The average molecular weight is 225 g/mol. The molecule has 1 N–H and O–H groups in total. The van der Waals surface area contributed by atoms with Gasteiger partial charge in [-0.2, -0.15) is 0 Å². The zero-order valence-corrected chi connectivity index (χ0v) is 9.60. The molecule has 1 saturated heterocycles. The van der Waals surface area contributed by atoms with E-state index in [2.05, 4.69) is 10.1 Å². The first kappa shape index (κ1) is 10.6. The number of hydrogen-bond acceptors (Lipinski definition) is 4. The second kappa shape index (κ2) is 4.77. The van der Waals surface area contributed by atoms with E-state index in [1.54, 1.807) is 0 Å². The zero-order valence-electron chi connectivity index (χ0n) is 8.79. The van der Waals surface area contributed by atoms with Crippen LogP contribution in [0, 0.1) is 0 Å². The summed E-state index contributed by atoms with van der Waals surface area (Å²) < 4.78 is 4.68. The Hall–Kier alpha value is -0.870. The molecule has 3 nitrogen and oxygen atoms in total. The van der Waals surface area contributed by atoms with E-state index in [0.717, 1.165) is 13.0 Å². The van der Waals surface area contributed by atoms with Gasteiger partial charge in [0.05, 0.1) is 7.11 Å². The number of methoxy groups -OCH3 is 1. The minimum Gasteiger partial charge on any atom is -0.465 e. The van der Waals surface area contributed by atoms with Crippen molar-refractivity contribution in [3.63, 3.8) is 0 Å². The van der Waals surface area contributed by atoms with E-state index in [1.165, 1.54) is 36.2 Å². The molecule has 1 aromatic rings. The van der Waals surface area contributed by atoms with Crippen molar-refractivity contribution < 1.29 is 9.53 Å². The minimum atomic E-state index is -0.231. The molecule has 82 valence electrons. The number of nitrogens with one attached hydrogen (secondary N) is 1. The maximum absolute atomic E-state index is 11.2. The molecule has 2 rings (SSSR count). The molecular formula is C11H15NO2S. The Bertz CT molecular complexity index is 342. The molecule has 0 aromatic carbocycles. The molecule has 1 atom stereocenters. The fourth-order valence-corrected chi connectivity index (χ4v) is 2.88. The highest BCUT2D eigenvalue weighted by Gasteiger charge is 2.16. The Morgan fingerprint density at radius 3 is 3.20 bits per heavy atom. The van der Waals surface area contributed by atoms with Gasteiger partial charge in [0, 0.05) is 10.9 Å². The molecule has 1 unspecified atom stereocenters. The minimum absolute atomic E-state index is 0.231. The van der Waals surface area contributed by atoms with Gasteiger partial charge >= 0.3 is 5.97 Å². The van der Waals surface area contributed by atoms with Gasteiger partial charge in [-0.1, -0.05) is 0 Å². The molecular weight excluding hydrogens is 210 g/mol. The molecule has 1 aliphatic rings. The molecule has 0 spiro atoms. The Kier molecular flexibility index (Phi) is 3.38. The van der Waals surface area contributed by atoms with Crippen LogP contribution >= 0.6 is 11.3 Å². The summed E-state index contributed by atoms with van der Waals surface area (Å²) in [6.07, 6.45) is 3.53. The third kappa shape index (κ3) is 2.58. The summed E-state index contributed by atoms with van der Waals surface area (Å²) in [5.74, 6) is -0.231. The Balaban J connectivity index is 1.97. The highest BCUT2D eigenvalue weighted by atomic mass is 32.1. The Morgan fingerprint density at radius 1 is 1.67 bits per heavy atom. The molecule has 0 aliphatic carbocycles. The van der Waals surface area contributed by atoms with Crippen molar-refractivity contribution in [3.8, 4) is 0 Å². The maximum Gasteiger partial charge on any atom is 0.348 e. The van der Waals surface area contributed by atoms with Gasteiger partial charge in [0.25, 0.3) is 0 Å². The van der Waals surface area contributed by atoms with E-state index in [-0.39, 0.29) is 5.97 Å². The van der Waals surface area contributed by atoms with Gasteiger partial charge in [0.15, 0.2) is 0 Å². The molecule has 4 heteroatoms. The topological polar surface area (TPSA) is 38.3 Å². The van der Waals surface area contributed by atoms with Gasteiger partial charge < -0.3 is 10.1 Å². The number of carbonyl (C=O) groups excluding carboxylic acids is 1. The second-order valence-electron chi connectivity index (χ2n) is 3.75. The van der Waals surface area contributed by atoms with Crippen LogP contribution < -0.4 is 5.32 Å². The van der Waals surface area contributed by atoms with Crippen molar-refractivity contribution in [1.29, 1.82) is 0 Å². The first-order valence-corrected chi connectivity index (χ1v) is 6.01. The van der Waals surface area contributed by atoms with Gasteiger partial charge in [-0.05, 0) is 37.9 Å². The van der Waals surface area contributed by atoms with Crippen LogP contribution in [0.4, 0.5) is 0 Å². The third-order valence-corrected chi connectivity index (χ3v) is 3.75. The highest BCUT2D eigenvalue weighted by molar-refractivity contribution is 7.13. The number of hydrogen-bond donors (Lipinski definition) is 1. The van der Waals surface area contributed by atoms with E-state index in [9.17, 15) is 4.79 Å². The number of carbonyl (C=O) groups is 1. The van der Waals surface area contributed by atoms with Crippen LogP contribution in [0.15, 0.2) is 12.1 Å². The molecule has 1 aliphatic heterocycles. The summed E-state index contributed by atoms with van der Waals surface area (Å²) >= 11 is 1.54. The molecule has 15 heavy (non-hydrogen) atoms. The summed E-state index contributed by atoms with van der Waals surface area (Å²) in [6, 6.07) is 4.46. The van der Waals surface area contributed by atoms with Crippen molar-refractivity contribution >= 4 is 17.3 Å². The summed E-state index contributed by atoms with van der Waals surface area (Å²) in [6.45, 7) is 1.12. The van der Waals surface area contributed by atoms with Crippen LogP contribution in [0.3, 0.4) is 0 Å². The number of ether oxygens (including phenoxy) is 1. The molecule has 0 saturated carbocycles. The number of esters is 1. The monoisotopic (exact) mass is 225 g/mol. The standard InChI is InChI=1S/C11H15NO2S/c1-14-11(13)10-5-4-9(15-10)7-8-3-2-6-12-8/h4-5,8,12H,2-3,6-7H2,1H3. The van der Waals surface area contributed by atoms with Crippen LogP contribution in [0.2, 0.25) is 0 Å². The van der Waals surface area contributed by atoms with Crippen LogP contribution in [0.1, 0.15) is 27.4 Å². The van der Waals surface area contributed by atoms with E-state index >= 15 is 0 Å². The Labute approximate surface area is 93.4 Å². The van der Waals surface area contributed by atoms with E-state index in [0.29, 0.717) is 10.9 Å². The lowest BCUT2D eigenvalue weighted by atomic mass is 10.1. The van der Waals surface area contributed by atoms with Crippen LogP contribution in [0.5, 0.6) is 0 Å². The summed E-state index contributed by atoms with van der Waals surface area (Å²) in [5.41, 5.74) is 0. The summed E-state index contributed by atoms with van der Waals surface area (Å²) in [7, 11) is 1.42. The summed E-state index contributed by atoms with van der Waals surface area (Å²) in [4.78, 5) is 13.2. The van der Waals surface area contributed by atoms with Crippen molar-refractivity contribution in [3.05, 3.63) is 21.9 Å². The predicted molar refractivity (Wildman–Crippen MR) is 60.4 cm³/mol. The third-order valence-electron chi connectivity index (χ3n) is 2.66. The largest absolute Gasteiger partial charge is 0.465 e. The fourth-order valence-electron chi connectivity index (χ4n) is 1.87. The molecule has 0 amide bonds. The van der Waals surface area contributed by atoms with Crippen molar-refractivity contribution in [2.75, 3.05) is 13.7 Å². The molecule has 1 fully saturated rings. The highest BCUT2D eigenvalue weighted by Crippen LogP contribution is 2.21. The van der Waals surface area contributed by atoms with Gasteiger partial charge in [0.1, 0.15) is 4.88 Å². The molecule has 2 heterocycles. The molecule has 1 aromatic heterocycles. The number of rotatable bonds is 3. The lowest BCUT2D eigenvalue weighted by Crippen LogP contribution is -2.23. The molecule has 0 radical (unpaired) electrons. The van der Waals surface area contributed by atoms with Gasteiger partial charge in [-0.25, -0.2) is 4.79 Å². The van der Waals surface area contributed by atoms with Crippen LogP contribution in [-0.4, -0.2) is 25.7 Å². The Morgan fingerprint density at radius 2 is 2.53 bits per heavy atom. The predicted octanol–water partition coefficient (Wildman–Crippen LogP) is 1.83. The van der Waals surface area contributed by atoms with Crippen LogP contribution in [-0.2, 0) is 11.2 Å². The first-order valence-electron chi connectivity index (χ1n) is 5.20. The smallest absolute Gasteiger partial charge is 0.348 e. The van der Waals surface area contributed by atoms with Gasteiger partial charge in [0.2, 0.25) is 0 Å². The fraction of sp³-hybridized carbons (Fsp3) is 0.545. The SMILES string of the molecule is COC(=O)c1ccc(CC2CCCN2)s1. The maximum atomic E-state index is 11.2. The van der Waals surface area contributed by atoms with E-state index in [1.807, 2.05) is 12.1 Å².